The van der Waals surface area contributed by atoms with Crippen LogP contribution in [0.15, 0.2) is 52.3 Å². The van der Waals surface area contributed by atoms with Crippen LogP contribution in [-0.4, -0.2) is 49.2 Å². The van der Waals surface area contributed by atoms with Crippen LogP contribution in [0.4, 0.5) is 4.39 Å². The van der Waals surface area contributed by atoms with Gasteiger partial charge in [-0.25, -0.2) is 9.82 Å². The van der Waals surface area contributed by atoms with Gasteiger partial charge in [0.25, 0.3) is 0 Å². The van der Waals surface area contributed by atoms with Gasteiger partial charge in [0.1, 0.15) is 17.7 Å². The number of primary amides is 1. The van der Waals surface area contributed by atoms with Gasteiger partial charge in [-0.2, -0.15) is 0 Å². The van der Waals surface area contributed by atoms with Crippen molar-refractivity contribution < 1.29 is 9.18 Å². The van der Waals surface area contributed by atoms with Gasteiger partial charge in [0.2, 0.25) is 5.91 Å². The zero-order chi connectivity index (χ0) is 18.8. The van der Waals surface area contributed by atoms with Crippen LogP contribution < -0.4 is 21.9 Å². The molecule has 3 aliphatic heterocycles. The largest absolute Gasteiger partial charge is 0.368 e. The molecule has 5 N–H and O–H groups in total. The van der Waals surface area contributed by atoms with Crippen molar-refractivity contribution in [2.24, 2.45) is 10.7 Å². The summed E-state index contributed by atoms with van der Waals surface area (Å²) in [5.74, 6) is 0.330. The van der Waals surface area contributed by atoms with Gasteiger partial charge in [0.15, 0.2) is 0 Å². The molecule has 0 aromatic heterocycles. The number of hydrogen-bond acceptors (Lipinski definition) is 6. The Labute approximate surface area is 157 Å². The molecule has 142 valence electrons. The highest BCUT2D eigenvalue weighted by Crippen LogP contribution is 2.36. The standard InChI is InChI=1S/C19H23FN6O/c20-14-3-1-13(2-4-14)17-16(12-5-7-22-8-6-12)19(25-24-17)26-10-9-23-15(11-26)18(21)27/h1-5,7,15,17,23-25H,6,8-11H2,(H2,21,27). The number of amides is 1. The fraction of sp³-hybridized carbons (Fsp3) is 0.368. The van der Waals surface area contributed by atoms with Crippen molar-refractivity contribution >= 4 is 12.1 Å². The van der Waals surface area contributed by atoms with Crippen molar-refractivity contribution in [1.82, 2.24) is 21.1 Å². The van der Waals surface area contributed by atoms with Crippen molar-refractivity contribution in [3.63, 3.8) is 0 Å². The van der Waals surface area contributed by atoms with E-state index in [-0.39, 0.29) is 23.8 Å². The third-order valence-corrected chi connectivity index (χ3v) is 5.15. The molecule has 0 spiro atoms. The van der Waals surface area contributed by atoms with E-state index in [1.807, 2.05) is 12.3 Å². The van der Waals surface area contributed by atoms with Crippen molar-refractivity contribution in [1.29, 1.82) is 0 Å². The summed E-state index contributed by atoms with van der Waals surface area (Å²) in [6.45, 7) is 2.67. The predicted molar refractivity (Wildman–Crippen MR) is 101 cm³/mol. The fourth-order valence-corrected chi connectivity index (χ4v) is 3.76. The van der Waals surface area contributed by atoms with E-state index in [2.05, 4.69) is 26.1 Å². The summed E-state index contributed by atoms with van der Waals surface area (Å²) in [5, 5.41) is 3.15. The van der Waals surface area contributed by atoms with Gasteiger partial charge in [-0.1, -0.05) is 12.1 Å². The Morgan fingerprint density at radius 1 is 1.30 bits per heavy atom. The summed E-state index contributed by atoms with van der Waals surface area (Å²) in [4.78, 5) is 18.1. The van der Waals surface area contributed by atoms with Crippen molar-refractivity contribution in [3.05, 3.63) is 58.7 Å². The number of carbonyl (C=O) groups excluding carboxylic acids is 1. The number of allylic oxidation sites excluding steroid dienone is 1. The van der Waals surface area contributed by atoms with Crippen LogP contribution in [0.25, 0.3) is 0 Å². The van der Waals surface area contributed by atoms with Crippen molar-refractivity contribution in [2.45, 2.75) is 18.5 Å². The number of piperazine rings is 1. The Kier molecular flexibility index (Phi) is 4.91. The summed E-state index contributed by atoms with van der Waals surface area (Å²) in [5.41, 5.74) is 15.4. The normalized spacial score (nSPS) is 25.4. The molecule has 0 saturated carbocycles. The molecular formula is C19H23FN6O. The van der Waals surface area contributed by atoms with E-state index in [0.29, 0.717) is 13.1 Å². The number of nitrogens with two attached hydrogens (primary N) is 1. The lowest BCUT2D eigenvalue weighted by Crippen LogP contribution is -2.56. The minimum Gasteiger partial charge on any atom is -0.368 e. The number of nitrogens with zero attached hydrogens (tertiary/aromatic N) is 2. The first-order chi connectivity index (χ1) is 13.1. The Morgan fingerprint density at radius 2 is 2.11 bits per heavy atom. The molecule has 0 aliphatic carbocycles. The average Bonchev–Trinajstić information content (AvgIpc) is 3.14. The molecule has 2 atom stereocenters. The zero-order valence-corrected chi connectivity index (χ0v) is 14.9. The molecule has 3 heterocycles. The molecule has 1 aromatic carbocycles. The van der Waals surface area contributed by atoms with Gasteiger partial charge in [0.05, 0.1) is 6.04 Å². The Morgan fingerprint density at radius 3 is 2.81 bits per heavy atom. The highest BCUT2D eigenvalue weighted by molar-refractivity contribution is 5.80. The first-order valence-corrected chi connectivity index (χ1v) is 9.11. The first kappa shape index (κ1) is 17.7. The first-order valence-electron chi connectivity index (χ1n) is 9.11. The molecule has 1 saturated heterocycles. The topological polar surface area (TPSA) is 94.8 Å². The van der Waals surface area contributed by atoms with Gasteiger partial charge in [-0.05, 0) is 35.8 Å². The summed E-state index contributed by atoms with van der Waals surface area (Å²) in [6, 6.07) is 6.02. The van der Waals surface area contributed by atoms with Gasteiger partial charge in [-0.3, -0.25) is 9.79 Å². The number of dihydropyridines is 1. The van der Waals surface area contributed by atoms with E-state index in [1.54, 1.807) is 12.1 Å². The van der Waals surface area contributed by atoms with E-state index in [0.717, 1.165) is 36.5 Å². The molecule has 0 bridgehead atoms. The Bertz CT molecular complexity index is 816. The second-order valence-corrected chi connectivity index (χ2v) is 6.87. The molecule has 8 heteroatoms. The minimum atomic E-state index is -0.388. The lowest BCUT2D eigenvalue weighted by Gasteiger charge is -2.35. The summed E-state index contributed by atoms with van der Waals surface area (Å²) >= 11 is 0. The summed E-state index contributed by atoms with van der Waals surface area (Å²) in [6.07, 6.45) is 4.69. The van der Waals surface area contributed by atoms with Crippen LogP contribution in [0.5, 0.6) is 0 Å². The number of benzene rings is 1. The number of hydrogen-bond donors (Lipinski definition) is 4. The van der Waals surface area contributed by atoms with Crippen LogP contribution in [0, 0.1) is 5.82 Å². The minimum absolute atomic E-state index is 0.111. The number of aliphatic imine (C=N–C) groups is 1. The van der Waals surface area contributed by atoms with Crippen LogP contribution >= 0.6 is 0 Å². The number of nitrogens with one attached hydrogen (secondary N) is 3. The van der Waals surface area contributed by atoms with E-state index in [9.17, 15) is 9.18 Å². The van der Waals surface area contributed by atoms with Gasteiger partial charge in [0, 0.05) is 38.0 Å². The lowest BCUT2D eigenvalue weighted by molar-refractivity contribution is -0.120. The Balaban J connectivity index is 1.71. The van der Waals surface area contributed by atoms with E-state index in [4.69, 9.17) is 5.73 Å². The third-order valence-electron chi connectivity index (χ3n) is 5.15. The summed E-state index contributed by atoms with van der Waals surface area (Å²) < 4.78 is 13.4. The number of rotatable bonds is 4. The molecular weight excluding hydrogens is 347 g/mol. The van der Waals surface area contributed by atoms with E-state index < -0.39 is 0 Å². The monoisotopic (exact) mass is 370 g/mol. The van der Waals surface area contributed by atoms with Crippen LogP contribution in [0.1, 0.15) is 18.0 Å². The highest BCUT2D eigenvalue weighted by Gasteiger charge is 2.34. The lowest BCUT2D eigenvalue weighted by atomic mass is 9.91. The molecule has 4 rings (SSSR count). The molecule has 1 amide bonds. The smallest absolute Gasteiger partial charge is 0.236 e. The average molecular weight is 370 g/mol. The van der Waals surface area contributed by atoms with E-state index >= 15 is 0 Å². The second-order valence-electron chi connectivity index (χ2n) is 6.87. The SMILES string of the molecule is NC(=O)C1CN(C2=C(C3=CC=NCC3)C(c3ccc(F)cc3)NN2)CCN1. The molecule has 0 radical (unpaired) electrons. The Hall–Kier alpha value is -2.71. The molecule has 27 heavy (non-hydrogen) atoms. The van der Waals surface area contributed by atoms with Gasteiger partial charge in [-0.15, -0.1) is 0 Å². The number of halogens is 1. The molecule has 3 aliphatic rings. The van der Waals surface area contributed by atoms with Crippen LogP contribution in [-0.2, 0) is 4.79 Å². The molecule has 7 nitrogen and oxygen atoms in total. The highest BCUT2D eigenvalue weighted by atomic mass is 19.1. The maximum atomic E-state index is 13.4. The second kappa shape index (κ2) is 7.50. The number of hydrazine groups is 1. The third kappa shape index (κ3) is 3.58. The summed E-state index contributed by atoms with van der Waals surface area (Å²) in [7, 11) is 0. The van der Waals surface area contributed by atoms with Crippen LogP contribution in [0.3, 0.4) is 0 Å². The maximum absolute atomic E-state index is 13.4. The molecule has 1 fully saturated rings. The predicted octanol–water partition coefficient (Wildman–Crippen LogP) is 0.346. The van der Waals surface area contributed by atoms with Crippen LogP contribution in [0.2, 0.25) is 0 Å². The molecule has 2 unspecified atom stereocenters. The van der Waals surface area contributed by atoms with Gasteiger partial charge < -0.3 is 21.4 Å². The van der Waals surface area contributed by atoms with Crippen molar-refractivity contribution in [2.75, 3.05) is 26.2 Å². The fourth-order valence-electron chi connectivity index (χ4n) is 3.76. The quantitative estimate of drug-likeness (QED) is 0.613. The van der Waals surface area contributed by atoms with Crippen molar-refractivity contribution in [3.8, 4) is 0 Å². The number of carbonyl (C=O) groups is 1. The van der Waals surface area contributed by atoms with Gasteiger partial charge >= 0.3 is 0 Å². The molecule has 1 aromatic rings. The zero-order valence-electron chi connectivity index (χ0n) is 14.9. The maximum Gasteiger partial charge on any atom is 0.236 e. The van der Waals surface area contributed by atoms with E-state index in [1.165, 1.54) is 17.7 Å².